The monoisotopic (exact) mass is 411 g/mol. The van der Waals surface area contributed by atoms with Crippen molar-refractivity contribution in [2.45, 2.75) is 19.8 Å². The molecule has 1 N–H and O–H groups in total. The molecule has 2 saturated heterocycles. The topological polar surface area (TPSA) is 79.7 Å². The van der Waals surface area contributed by atoms with Crippen molar-refractivity contribution in [2.24, 2.45) is 5.92 Å². The summed E-state index contributed by atoms with van der Waals surface area (Å²) in [5, 5.41) is 7.84. The minimum atomic E-state index is -0.215. The van der Waals surface area contributed by atoms with E-state index >= 15 is 0 Å². The maximum absolute atomic E-state index is 13.6. The van der Waals surface area contributed by atoms with Crippen molar-refractivity contribution in [3.8, 4) is 5.69 Å². The van der Waals surface area contributed by atoms with Gasteiger partial charge in [-0.15, -0.1) is 0 Å². The summed E-state index contributed by atoms with van der Waals surface area (Å²) in [7, 11) is 0. The fourth-order valence-corrected chi connectivity index (χ4v) is 4.26. The van der Waals surface area contributed by atoms with E-state index < -0.39 is 0 Å². The standard InChI is InChI=1S/C22H29N5O3/c1-2-30-22(29)17-7-6-12-26(16-17)20-19(25-13-10-23-11-14-25)15-24-27(21(20)28)18-8-4-3-5-9-18/h3-5,8-9,15,17,23H,2,6-7,10-14,16H2,1H3. The SMILES string of the molecule is CCOC(=O)C1CCCN(c2c(N3CCNCC3)cnn(-c3ccccc3)c2=O)C1. The summed E-state index contributed by atoms with van der Waals surface area (Å²) in [5.74, 6) is -0.393. The number of piperidine rings is 1. The second-order valence-corrected chi connectivity index (χ2v) is 7.71. The van der Waals surface area contributed by atoms with Crippen LogP contribution in [0, 0.1) is 5.92 Å². The molecule has 0 spiro atoms. The predicted octanol–water partition coefficient (Wildman–Crippen LogP) is 1.42. The van der Waals surface area contributed by atoms with Gasteiger partial charge in [0.1, 0.15) is 5.69 Å². The molecule has 1 atom stereocenters. The molecule has 2 aliphatic heterocycles. The Morgan fingerprint density at radius 1 is 1.17 bits per heavy atom. The Morgan fingerprint density at radius 2 is 1.93 bits per heavy atom. The highest BCUT2D eigenvalue weighted by atomic mass is 16.5. The Morgan fingerprint density at radius 3 is 2.67 bits per heavy atom. The molecule has 3 heterocycles. The molecule has 0 saturated carbocycles. The summed E-state index contributed by atoms with van der Waals surface area (Å²) in [6.07, 6.45) is 3.43. The van der Waals surface area contributed by atoms with Gasteiger partial charge in [-0.1, -0.05) is 18.2 Å². The van der Waals surface area contributed by atoms with Gasteiger partial charge < -0.3 is 19.9 Å². The van der Waals surface area contributed by atoms with Gasteiger partial charge in [-0.2, -0.15) is 9.78 Å². The summed E-state index contributed by atoms with van der Waals surface area (Å²) < 4.78 is 6.71. The van der Waals surface area contributed by atoms with Crippen LogP contribution in [-0.4, -0.2) is 61.6 Å². The Hall–Kier alpha value is -2.87. The van der Waals surface area contributed by atoms with Gasteiger partial charge in [-0.25, -0.2) is 0 Å². The molecule has 4 rings (SSSR count). The van der Waals surface area contributed by atoms with E-state index in [4.69, 9.17) is 4.74 Å². The number of hydrogen-bond acceptors (Lipinski definition) is 7. The van der Waals surface area contributed by atoms with Crippen molar-refractivity contribution >= 4 is 17.3 Å². The van der Waals surface area contributed by atoms with E-state index in [9.17, 15) is 9.59 Å². The maximum Gasteiger partial charge on any atom is 0.310 e. The molecule has 8 heteroatoms. The van der Waals surface area contributed by atoms with E-state index in [2.05, 4.69) is 20.2 Å². The average molecular weight is 412 g/mol. The van der Waals surface area contributed by atoms with Gasteiger partial charge in [0.15, 0.2) is 0 Å². The zero-order valence-electron chi connectivity index (χ0n) is 17.4. The van der Waals surface area contributed by atoms with Crippen LogP contribution < -0.4 is 20.7 Å². The lowest BCUT2D eigenvalue weighted by atomic mass is 9.97. The molecule has 1 aromatic heterocycles. The lowest BCUT2D eigenvalue weighted by Crippen LogP contribution is -2.47. The number of esters is 1. The second kappa shape index (κ2) is 9.30. The third-order valence-electron chi connectivity index (χ3n) is 5.75. The number of piperazine rings is 1. The smallest absolute Gasteiger partial charge is 0.310 e. The van der Waals surface area contributed by atoms with Crippen molar-refractivity contribution in [3.05, 3.63) is 46.9 Å². The van der Waals surface area contributed by atoms with E-state index in [1.165, 1.54) is 4.68 Å². The van der Waals surface area contributed by atoms with Crippen molar-refractivity contribution in [1.29, 1.82) is 0 Å². The van der Waals surface area contributed by atoms with Gasteiger partial charge in [0, 0.05) is 39.3 Å². The molecule has 8 nitrogen and oxygen atoms in total. The number of nitrogens with one attached hydrogen (secondary N) is 1. The zero-order chi connectivity index (χ0) is 20.9. The van der Waals surface area contributed by atoms with E-state index in [1.807, 2.05) is 37.3 Å². The summed E-state index contributed by atoms with van der Waals surface area (Å²) >= 11 is 0. The molecule has 160 valence electrons. The number of ether oxygens (including phenoxy) is 1. The number of carbonyl (C=O) groups excluding carboxylic acids is 1. The molecule has 1 unspecified atom stereocenters. The number of carbonyl (C=O) groups is 1. The van der Waals surface area contributed by atoms with Gasteiger partial charge >= 0.3 is 5.97 Å². The number of anilines is 2. The predicted molar refractivity (Wildman–Crippen MR) is 116 cm³/mol. The Bertz CT molecular complexity index is 924. The van der Waals surface area contributed by atoms with E-state index in [0.717, 1.165) is 56.9 Å². The first-order chi connectivity index (χ1) is 14.7. The highest BCUT2D eigenvalue weighted by molar-refractivity contribution is 5.75. The average Bonchev–Trinajstić information content (AvgIpc) is 2.80. The third-order valence-corrected chi connectivity index (χ3v) is 5.75. The van der Waals surface area contributed by atoms with Crippen LogP contribution in [0.25, 0.3) is 5.69 Å². The molecule has 2 aromatic rings. The molecule has 0 bridgehead atoms. The number of benzene rings is 1. The first-order valence-electron chi connectivity index (χ1n) is 10.7. The largest absolute Gasteiger partial charge is 0.466 e. The Balaban J connectivity index is 1.74. The number of rotatable bonds is 5. The normalized spacial score (nSPS) is 19.6. The summed E-state index contributed by atoms with van der Waals surface area (Å²) in [6.45, 7) is 6.80. The number of para-hydroxylation sites is 1. The van der Waals surface area contributed by atoms with E-state index in [1.54, 1.807) is 6.20 Å². The highest BCUT2D eigenvalue weighted by Crippen LogP contribution is 2.30. The van der Waals surface area contributed by atoms with Crippen LogP contribution in [0.4, 0.5) is 11.4 Å². The van der Waals surface area contributed by atoms with Gasteiger partial charge in [-0.3, -0.25) is 9.59 Å². The molecule has 30 heavy (non-hydrogen) atoms. The van der Waals surface area contributed by atoms with Crippen LogP contribution in [0.2, 0.25) is 0 Å². The Labute approximate surface area is 176 Å². The molecule has 1 aromatic carbocycles. The molecule has 2 fully saturated rings. The summed E-state index contributed by atoms with van der Waals surface area (Å²) in [6, 6.07) is 9.45. The lowest BCUT2D eigenvalue weighted by Gasteiger charge is -2.37. The zero-order valence-corrected chi connectivity index (χ0v) is 17.4. The summed E-state index contributed by atoms with van der Waals surface area (Å²) in [4.78, 5) is 30.3. The maximum atomic E-state index is 13.6. The fraction of sp³-hybridized carbons (Fsp3) is 0.500. The summed E-state index contributed by atoms with van der Waals surface area (Å²) in [5.41, 5.74) is 2.05. The van der Waals surface area contributed by atoms with Crippen LogP contribution in [0.15, 0.2) is 41.3 Å². The Kier molecular flexibility index (Phi) is 6.32. The van der Waals surface area contributed by atoms with Crippen molar-refractivity contribution < 1.29 is 9.53 Å². The van der Waals surface area contributed by atoms with Crippen molar-refractivity contribution in [1.82, 2.24) is 15.1 Å². The van der Waals surface area contributed by atoms with Gasteiger partial charge in [-0.05, 0) is 31.9 Å². The van der Waals surface area contributed by atoms with Crippen molar-refractivity contribution in [3.63, 3.8) is 0 Å². The molecule has 0 radical (unpaired) electrons. The first-order valence-corrected chi connectivity index (χ1v) is 10.7. The number of aromatic nitrogens is 2. The van der Waals surface area contributed by atoms with Gasteiger partial charge in [0.2, 0.25) is 0 Å². The molecule has 0 amide bonds. The van der Waals surface area contributed by atoms with Gasteiger partial charge in [0.05, 0.1) is 30.1 Å². The second-order valence-electron chi connectivity index (χ2n) is 7.71. The number of nitrogens with zero attached hydrogens (tertiary/aromatic N) is 4. The lowest BCUT2D eigenvalue weighted by molar-refractivity contribution is -0.148. The van der Waals surface area contributed by atoms with E-state index in [-0.39, 0.29) is 17.4 Å². The quantitative estimate of drug-likeness (QED) is 0.746. The minimum Gasteiger partial charge on any atom is -0.466 e. The molecule has 2 aliphatic rings. The van der Waals surface area contributed by atoms with E-state index in [0.29, 0.717) is 18.8 Å². The highest BCUT2D eigenvalue weighted by Gasteiger charge is 2.31. The molecular formula is C22H29N5O3. The van der Waals surface area contributed by atoms with Crippen LogP contribution in [0.1, 0.15) is 19.8 Å². The van der Waals surface area contributed by atoms with Crippen LogP contribution >= 0.6 is 0 Å². The van der Waals surface area contributed by atoms with Crippen LogP contribution in [0.3, 0.4) is 0 Å². The minimum absolute atomic E-state index is 0.151. The third kappa shape index (κ3) is 4.18. The fourth-order valence-electron chi connectivity index (χ4n) is 4.26. The molecule has 0 aliphatic carbocycles. The number of hydrogen-bond donors (Lipinski definition) is 1. The first kappa shape index (κ1) is 20.4. The van der Waals surface area contributed by atoms with Crippen LogP contribution in [-0.2, 0) is 9.53 Å². The van der Waals surface area contributed by atoms with Gasteiger partial charge in [0.25, 0.3) is 5.56 Å². The van der Waals surface area contributed by atoms with Crippen LogP contribution in [0.5, 0.6) is 0 Å². The van der Waals surface area contributed by atoms with Crippen molar-refractivity contribution in [2.75, 3.05) is 55.7 Å². The molecular weight excluding hydrogens is 382 g/mol.